The number of benzene rings is 3. The lowest BCUT2D eigenvalue weighted by Crippen LogP contribution is -2.55. The summed E-state index contributed by atoms with van der Waals surface area (Å²) in [5.74, 6) is 0.689. The van der Waals surface area contributed by atoms with Crippen molar-refractivity contribution in [1.29, 1.82) is 0 Å². The largest absolute Gasteiger partial charge is 0.496 e. The quantitative estimate of drug-likeness (QED) is 0.379. The normalized spacial score (nSPS) is 16.6. The third-order valence-corrected chi connectivity index (χ3v) is 6.67. The van der Waals surface area contributed by atoms with E-state index in [0.717, 1.165) is 10.0 Å². The fourth-order valence-corrected chi connectivity index (χ4v) is 5.01. The first kappa shape index (κ1) is 27.3. The second-order valence-corrected chi connectivity index (χ2v) is 10.7. The van der Waals surface area contributed by atoms with Gasteiger partial charge < -0.3 is 23.8 Å². The van der Waals surface area contributed by atoms with Crippen molar-refractivity contribution in [3.8, 4) is 17.2 Å². The maximum Gasteiger partial charge on any atom is 0.409 e. The minimum absolute atomic E-state index is 0.285. The highest BCUT2D eigenvalue weighted by atomic mass is 79.9. The third kappa shape index (κ3) is 5.03. The molecule has 9 heteroatoms. The van der Waals surface area contributed by atoms with Gasteiger partial charge in [-0.2, -0.15) is 0 Å². The first-order valence-electron chi connectivity index (χ1n) is 12.0. The molecule has 1 N–H and O–H groups in total. The first-order chi connectivity index (χ1) is 18.0. The summed E-state index contributed by atoms with van der Waals surface area (Å²) in [5.41, 5.74) is -0.103. The van der Waals surface area contributed by atoms with E-state index in [0.29, 0.717) is 34.1 Å². The summed E-state index contributed by atoms with van der Waals surface area (Å²) in [6.45, 7) is 5.57. The smallest absolute Gasteiger partial charge is 0.409 e. The Balaban J connectivity index is 2.03. The van der Waals surface area contributed by atoms with Crippen LogP contribution in [-0.2, 0) is 21.6 Å². The van der Waals surface area contributed by atoms with Crippen molar-refractivity contribution >= 4 is 33.6 Å². The molecule has 0 aromatic heterocycles. The number of nitrogens with one attached hydrogen (secondary N) is 1. The van der Waals surface area contributed by atoms with Gasteiger partial charge in [0.2, 0.25) is 0 Å². The standard InChI is InChI=1S/C29H31BrN2O6/c1-28(2,3)38-27(34)31-29(25-23(36-5)15-20(35-4)16-24(25)37-6)21-14-19(30)12-13-22(21)32(26(29)33)17-18-10-8-7-9-11-18/h7-16H,17H2,1-6H3,(H,31,34)/t29-/m1/s1. The number of nitrogens with zero attached hydrogens (tertiary/aromatic N) is 1. The second kappa shape index (κ2) is 10.6. The van der Waals surface area contributed by atoms with Crippen molar-refractivity contribution < 1.29 is 28.5 Å². The number of alkyl carbamates (subject to hydrolysis) is 1. The molecule has 200 valence electrons. The Labute approximate surface area is 231 Å². The third-order valence-electron chi connectivity index (χ3n) is 6.18. The molecular weight excluding hydrogens is 552 g/mol. The van der Waals surface area contributed by atoms with Gasteiger partial charge >= 0.3 is 6.09 Å². The molecule has 0 aliphatic carbocycles. The summed E-state index contributed by atoms with van der Waals surface area (Å²) in [4.78, 5) is 29.7. The van der Waals surface area contributed by atoms with Crippen molar-refractivity contribution in [3.63, 3.8) is 0 Å². The van der Waals surface area contributed by atoms with Gasteiger partial charge in [-0.15, -0.1) is 0 Å². The summed E-state index contributed by atoms with van der Waals surface area (Å²) >= 11 is 3.55. The van der Waals surface area contributed by atoms with E-state index in [1.165, 1.54) is 21.3 Å². The highest BCUT2D eigenvalue weighted by Crippen LogP contribution is 2.52. The molecule has 0 spiro atoms. The lowest BCUT2D eigenvalue weighted by atomic mass is 9.82. The maximum atomic E-state index is 14.7. The van der Waals surface area contributed by atoms with Gasteiger partial charge in [0.15, 0.2) is 5.54 Å². The van der Waals surface area contributed by atoms with E-state index in [1.54, 1.807) is 37.8 Å². The van der Waals surface area contributed by atoms with Crippen molar-refractivity contribution in [2.45, 2.75) is 38.5 Å². The van der Waals surface area contributed by atoms with Crippen LogP contribution in [0.2, 0.25) is 0 Å². The van der Waals surface area contributed by atoms with Gasteiger partial charge in [-0.05, 0) is 44.5 Å². The molecule has 0 radical (unpaired) electrons. The van der Waals surface area contributed by atoms with Crippen LogP contribution in [-0.4, -0.2) is 38.9 Å². The van der Waals surface area contributed by atoms with Crippen molar-refractivity contribution in [3.05, 3.63) is 81.8 Å². The van der Waals surface area contributed by atoms with Crippen LogP contribution in [0.1, 0.15) is 37.5 Å². The minimum atomic E-state index is -1.74. The van der Waals surface area contributed by atoms with Gasteiger partial charge in [-0.25, -0.2) is 4.79 Å². The number of hydrogen-bond donors (Lipinski definition) is 1. The molecule has 0 saturated carbocycles. The van der Waals surface area contributed by atoms with Crippen LogP contribution in [0.5, 0.6) is 17.2 Å². The van der Waals surface area contributed by atoms with Crippen molar-refractivity contribution in [2.24, 2.45) is 0 Å². The van der Waals surface area contributed by atoms with Crippen molar-refractivity contribution in [1.82, 2.24) is 5.32 Å². The topological polar surface area (TPSA) is 86.3 Å². The molecule has 0 bridgehead atoms. The number of methoxy groups -OCH3 is 3. The molecule has 3 aromatic carbocycles. The molecular formula is C29H31BrN2O6. The van der Waals surface area contributed by atoms with E-state index >= 15 is 0 Å². The van der Waals surface area contributed by atoms with E-state index in [1.807, 2.05) is 48.5 Å². The number of ether oxygens (including phenoxy) is 4. The second-order valence-electron chi connectivity index (χ2n) is 9.82. The van der Waals surface area contributed by atoms with Gasteiger partial charge in [0.05, 0.1) is 39.1 Å². The first-order valence-corrected chi connectivity index (χ1v) is 12.8. The molecule has 8 nitrogen and oxygen atoms in total. The molecule has 2 amide bonds. The SMILES string of the molecule is COc1cc(OC)c([C@@]2(NC(=O)OC(C)(C)C)C(=O)N(Cc3ccccc3)c3ccc(Br)cc32)c(OC)c1. The van der Waals surface area contributed by atoms with Crippen LogP contribution in [0.15, 0.2) is 65.1 Å². The highest BCUT2D eigenvalue weighted by molar-refractivity contribution is 9.10. The molecule has 3 aromatic rings. The Kier molecular flexibility index (Phi) is 7.60. The summed E-state index contributed by atoms with van der Waals surface area (Å²) in [5, 5.41) is 2.93. The lowest BCUT2D eigenvalue weighted by Gasteiger charge is -2.34. The van der Waals surface area contributed by atoms with Crippen LogP contribution in [0.25, 0.3) is 0 Å². The fraction of sp³-hybridized carbons (Fsp3) is 0.310. The van der Waals surface area contributed by atoms with Crippen LogP contribution < -0.4 is 24.4 Å². The molecule has 4 rings (SSSR count). The average molecular weight is 583 g/mol. The van der Waals surface area contributed by atoms with E-state index < -0.39 is 17.2 Å². The van der Waals surface area contributed by atoms with Gasteiger partial charge in [-0.1, -0.05) is 46.3 Å². The monoisotopic (exact) mass is 582 g/mol. The van der Waals surface area contributed by atoms with E-state index in [9.17, 15) is 9.59 Å². The molecule has 1 heterocycles. The maximum absolute atomic E-state index is 14.7. The Morgan fingerprint density at radius 2 is 1.58 bits per heavy atom. The summed E-state index contributed by atoms with van der Waals surface area (Å²) in [6, 6.07) is 18.5. The lowest BCUT2D eigenvalue weighted by molar-refractivity contribution is -0.123. The van der Waals surface area contributed by atoms with E-state index in [4.69, 9.17) is 18.9 Å². The zero-order valence-electron chi connectivity index (χ0n) is 22.3. The molecule has 1 aliphatic rings. The zero-order chi connectivity index (χ0) is 27.7. The Morgan fingerprint density at radius 3 is 2.13 bits per heavy atom. The number of hydrogen-bond acceptors (Lipinski definition) is 6. The summed E-state index contributed by atoms with van der Waals surface area (Å²) < 4.78 is 23.3. The Morgan fingerprint density at radius 1 is 0.947 bits per heavy atom. The van der Waals surface area contributed by atoms with E-state index in [2.05, 4.69) is 21.2 Å². The Hall–Kier alpha value is -3.72. The number of halogens is 1. The van der Waals surface area contributed by atoms with Crippen LogP contribution >= 0.6 is 15.9 Å². The van der Waals surface area contributed by atoms with Crippen molar-refractivity contribution in [2.75, 3.05) is 26.2 Å². The fourth-order valence-electron chi connectivity index (χ4n) is 4.65. The van der Waals surface area contributed by atoms with Gasteiger partial charge in [0.1, 0.15) is 22.8 Å². The minimum Gasteiger partial charge on any atom is -0.496 e. The van der Waals surface area contributed by atoms with Gasteiger partial charge in [0.25, 0.3) is 5.91 Å². The molecule has 0 saturated heterocycles. The number of carbonyl (C=O) groups is 2. The average Bonchev–Trinajstić information content (AvgIpc) is 3.09. The number of anilines is 1. The number of fused-ring (bicyclic) bond motifs is 1. The van der Waals surface area contributed by atoms with Crippen LogP contribution in [0, 0.1) is 0 Å². The van der Waals surface area contributed by atoms with E-state index in [-0.39, 0.29) is 12.5 Å². The summed E-state index contributed by atoms with van der Waals surface area (Å²) in [6.07, 6.45) is -0.765. The number of rotatable bonds is 7. The number of amides is 2. The zero-order valence-corrected chi connectivity index (χ0v) is 23.8. The number of carbonyl (C=O) groups excluding carboxylic acids is 2. The predicted octanol–water partition coefficient (Wildman–Crippen LogP) is 5.79. The van der Waals surface area contributed by atoms with Gasteiger partial charge in [-0.3, -0.25) is 10.1 Å². The molecule has 1 aliphatic heterocycles. The van der Waals surface area contributed by atoms with Crippen LogP contribution in [0.4, 0.5) is 10.5 Å². The molecule has 38 heavy (non-hydrogen) atoms. The molecule has 0 unspecified atom stereocenters. The van der Waals surface area contributed by atoms with Crippen LogP contribution in [0.3, 0.4) is 0 Å². The predicted molar refractivity (Wildman–Crippen MR) is 148 cm³/mol. The Bertz CT molecular complexity index is 1330. The van der Waals surface area contributed by atoms with Gasteiger partial charge in [0, 0.05) is 22.2 Å². The molecule has 0 fully saturated rings. The molecule has 1 atom stereocenters. The summed E-state index contributed by atoms with van der Waals surface area (Å²) in [7, 11) is 4.50. The highest BCUT2D eigenvalue weighted by Gasteiger charge is 2.57.